The predicted octanol–water partition coefficient (Wildman–Crippen LogP) is 4.40. The highest BCUT2D eigenvalue weighted by atomic mass is 35.5. The molecule has 0 aliphatic heterocycles. The summed E-state index contributed by atoms with van der Waals surface area (Å²) in [5.74, 6) is 1.07. The highest BCUT2D eigenvalue weighted by Crippen LogP contribution is 2.37. The summed E-state index contributed by atoms with van der Waals surface area (Å²) in [6.07, 6.45) is -0.0651. The van der Waals surface area contributed by atoms with Crippen molar-refractivity contribution in [2.24, 2.45) is 0 Å². The van der Waals surface area contributed by atoms with Crippen LogP contribution in [0.4, 0.5) is 5.69 Å². The van der Waals surface area contributed by atoms with Gasteiger partial charge in [0.15, 0.2) is 11.5 Å². The second kappa shape index (κ2) is 7.93. The van der Waals surface area contributed by atoms with E-state index in [2.05, 4.69) is 5.32 Å². The zero-order valence-electron chi connectivity index (χ0n) is 14.1. The van der Waals surface area contributed by atoms with E-state index in [0.717, 1.165) is 0 Å². The van der Waals surface area contributed by atoms with E-state index in [1.54, 1.807) is 31.4 Å². The van der Waals surface area contributed by atoms with Crippen LogP contribution in [0.1, 0.15) is 24.2 Å². The van der Waals surface area contributed by atoms with Crippen LogP contribution < -0.4 is 19.5 Å². The van der Waals surface area contributed by atoms with E-state index in [-0.39, 0.29) is 12.0 Å². The van der Waals surface area contributed by atoms with E-state index < -0.39 is 0 Å². The monoisotopic (exact) mass is 349 g/mol. The summed E-state index contributed by atoms with van der Waals surface area (Å²) in [7, 11) is 3.05. The van der Waals surface area contributed by atoms with Crippen molar-refractivity contribution in [2.75, 3.05) is 19.5 Å². The second-order valence-electron chi connectivity index (χ2n) is 5.31. The van der Waals surface area contributed by atoms with E-state index in [4.69, 9.17) is 25.8 Å². The molecule has 1 amide bonds. The van der Waals surface area contributed by atoms with Gasteiger partial charge in [-0.15, -0.1) is 0 Å². The second-order valence-corrected chi connectivity index (χ2v) is 5.72. The first-order valence-electron chi connectivity index (χ1n) is 7.44. The molecule has 0 heterocycles. The number of methoxy groups -OCH3 is 2. The van der Waals surface area contributed by atoms with Gasteiger partial charge >= 0.3 is 0 Å². The lowest BCUT2D eigenvalue weighted by Gasteiger charge is -2.16. The third-order valence-corrected chi connectivity index (χ3v) is 3.48. The lowest BCUT2D eigenvalue weighted by atomic mass is 10.1. The van der Waals surface area contributed by atoms with Crippen LogP contribution in [-0.2, 0) is 0 Å². The van der Waals surface area contributed by atoms with Crippen LogP contribution in [0.3, 0.4) is 0 Å². The topological polar surface area (TPSA) is 56.8 Å². The first kappa shape index (κ1) is 17.9. The molecule has 0 fully saturated rings. The number of anilines is 1. The number of hydrogen-bond donors (Lipinski definition) is 1. The van der Waals surface area contributed by atoms with Crippen molar-refractivity contribution >= 4 is 23.2 Å². The van der Waals surface area contributed by atoms with E-state index in [1.165, 1.54) is 7.11 Å². The number of benzene rings is 2. The Morgan fingerprint density at radius 1 is 1.08 bits per heavy atom. The lowest BCUT2D eigenvalue weighted by Crippen LogP contribution is -2.14. The molecule has 0 aliphatic carbocycles. The van der Waals surface area contributed by atoms with Crippen LogP contribution in [-0.4, -0.2) is 26.2 Å². The summed E-state index contributed by atoms with van der Waals surface area (Å²) < 4.78 is 16.2. The van der Waals surface area contributed by atoms with Gasteiger partial charge in [0.1, 0.15) is 5.75 Å². The predicted molar refractivity (Wildman–Crippen MR) is 94.7 cm³/mol. The average molecular weight is 350 g/mol. The van der Waals surface area contributed by atoms with E-state index in [1.807, 2.05) is 26.0 Å². The lowest BCUT2D eigenvalue weighted by molar-refractivity contribution is 0.102. The van der Waals surface area contributed by atoms with Crippen molar-refractivity contribution in [3.8, 4) is 17.2 Å². The number of para-hydroxylation sites is 2. The van der Waals surface area contributed by atoms with Crippen molar-refractivity contribution in [2.45, 2.75) is 20.0 Å². The van der Waals surface area contributed by atoms with Gasteiger partial charge in [-0.05, 0) is 38.1 Å². The van der Waals surface area contributed by atoms with Crippen molar-refractivity contribution in [1.82, 2.24) is 0 Å². The minimum atomic E-state index is -0.323. The zero-order chi connectivity index (χ0) is 17.7. The maximum atomic E-state index is 12.5. The molecule has 1 N–H and O–H groups in total. The van der Waals surface area contributed by atoms with E-state index in [0.29, 0.717) is 33.5 Å². The quantitative estimate of drug-likeness (QED) is 0.840. The molecule has 0 unspecified atom stereocenters. The molecular weight excluding hydrogens is 330 g/mol. The highest BCUT2D eigenvalue weighted by Gasteiger charge is 2.17. The molecule has 2 aromatic rings. The third-order valence-electron chi connectivity index (χ3n) is 3.20. The van der Waals surface area contributed by atoms with Gasteiger partial charge in [0, 0.05) is 5.56 Å². The standard InChI is InChI=1S/C18H20ClNO4/c1-11(2)24-17-13(19)9-12(10-16(17)23-4)18(21)20-14-7-5-6-8-15(14)22-3/h5-11H,1-4H3,(H,20,21). The SMILES string of the molecule is COc1ccccc1NC(=O)c1cc(Cl)c(OC(C)C)c(OC)c1. The first-order valence-corrected chi connectivity index (χ1v) is 7.82. The molecule has 24 heavy (non-hydrogen) atoms. The van der Waals surface area contributed by atoms with Crippen LogP contribution in [0.25, 0.3) is 0 Å². The summed E-state index contributed by atoms with van der Waals surface area (Å²) in [6.45, 7) is 3.77. The Kier molecular flexibility index (Phi) is 5.93. The highest BCUT2D eigenvalue weighted by molar-refractivity contribution is 6.32. The van der Waals surface area contributed by atoms with Crippen molar-refractivity contribution in [3.05, 3.63) is 47.0 Å². The molecular formula is C18H20ClNO4. The maximum Gasteiger partial charge on any atom is 0.255 e. The van der Waals surface area contributed by atoms with Crippen molar-refractivity contribution in [1.29, 1.82) is 0 Å². The molecule has 0 atom stereocenters. The first-order chi connectivity index (χ1) is 11.5. The maximum absolute atomic E-state index is 12.5. The molecule has 0 saturated heterocycles. The minimum Gasteiger partial charge on any atom is -0.495 e. The smallest absolute Gasteiger partial charge is 0.255 e. The average Bonchev–Trinajstić information content (AvgIpc) is 2.56. The molecule has 128 valence electrons. The Bertz CT molecular complexity index is 731. The summed E-state index contributed by atoms with van der Waals surface area (Å²) in [6, 6.07) is 10.3. The molecule has 0 saturated carbocycles. The minimum absolute atomic E-state index is 0.0651. The van der Waals surface area contributed by atoms with Gasteiger partial charge in [-0.1, -0.05) is 23.7 Å². The Balaban J connectivity index is 2.31. The third kappa shape index (κ3) is 4.11. The van der Waals surface area contributed by atoms with Gasteiger partial charge in [0.05, 0.1) is 31.0 Å². The van der Waals surface area contributed by atoms with Gasteiger partial charge in [0.2, 0.25) is 0 Å². The Hall–Kier alpha value is -2.40. The molecule has 0 aromatic heterocycles. The normalized spacial score (nSPS) is 10.4. The molecule has 0 bridgehead atoms. The summed E-state index contributed by atoms with van der Waals surface area (Å²) in [5.41, 5.74) is 0.932. The molecule has 2 rings (SSSR count). The fourth-order valence-electron chi connectivity index (χ4n) is 2.14. The number of carbonyl (C=O) groups excluding carboxylic acids is 1. The molecule has 5 nitrogen and oxygen atoms in total. The molecule has 2 aromatic carbocycles. The van der Waals surface area contributed by atoms with Gasteiger partial charge in [-0.25, -0.2) is 0 Å². The van der Waals surface area contributed by atoms with Gasteiger partial charge in [-0.3, -0.25) is 4.79 Å². The summed E-state index contributed by atoms with van der Waals surface area (Å²) in [4.78, 5) is 12.5. The summed E-state index contributed by atoms with van der Waals surface area (Å²) in [5, 5.41) is 3.11. The van der Waals surface area contributed by atoms with Crippen molar-refractivity contribution in [3.63, 3.8) is 0 Å². The van der Waals surface area contributed by atoms with Crippen molar-refractivity contribution < 1.29 is 19.0 Å². The molecule has 6 heteroatoms. The Morgan fingerprint density at radius 2 is 1.75 bits per heavy atom. The number of hydrogen-bond acceptors (Lipinski definition) is 4. The summed E-state index contributed by atoms with van der Waals surface area (Å²) >= 11 is 6.25. The largest absolute Gasteiger partial charge is 0.495 e. The number of ether oxygens (including phenoxy) is 3. The van der Waals surface area contributed by atoms with Crippen LogP contribution in [0.15, 0.2) is 36.4 Å². The fourth-order valence-corrected chi connectivity index (χ4v) is 2.40. The molecule has 0 spiro atoms. The number of carbonyl (C=O) groups is 1. The number of amides is 1. The van der Waals surface area contributed by atoms with Crippen LogP contribution in [0.5, 0.6) is 17.2 Å². The van der Waals surface area contributed by atoms with E-state index in [9.17, 15) is 4.79 Å². The van der Waals surface area contributed by atoms with Gasteiger partial charge in [0.25, 0.3) is 5.91 Å². The Labute approximate surface area is 146 Å². The number of halogens is 1. The fraction of sp³-hybridized carbons (Fsp3) is 0.278. The van der Waals surface area contributed by atoms with Crippen LogP contribution >= 0.6 is 11.6 Å². The Morgan fingerprint density at radius 3 is 2.38 bits per heavy atom. The zero-order valence-corrected chi connectivity index (χ0v) is 14.8. The van der Waals surface area contributed by atoms with Crippen LogP contribution in [0, 0.1) is 0 Å². The molecule has 0 aliphatic rings. The van der Waals surface area contributed by atoms with Crippen LogP contribution in [0.2, 0.25) is 5.02 Å². The number of rotatable bonds is 6. The van der Waals surface area contributed by atoms with E-state index >= 15 is 0 Å². The number of nitrogens with one attached hydrogen (secondary N) is 1. The van der Waals surface area contributed by atoms with Gasteiger partial charge in [-0.2, -0.15) is 0 Å². The molecule has 0 radical (unpaired) electrons. The van der Waals surface area contributed by atoms with Gasteiger partial charge < -0.3 is 19.5 Å².